The molecule has 0 aromatic heterocycles. The summed E-state index contributed by atoms with van der Waals surface area (Å²) in [5.74, 6) is 0. The number of benzene rings is 1. The van der Waals surface area contributed by atoms with Crippen LogP contribution in [0.15, 0.2) is 22.7 Å². The van der Waals surface area contributed by atoms with Crippen LogP contribution >= 0.6 is 15.9 Å². The van der Waals surface area contributed by atoms with Crippen molar-refractivity contribution in [1.29, 1.82) is 0 Å². The summed E-state index contributed by atoms with van der Waals surface area (Å²) >= 11 is 3.44. The number of rotatable bonds is 3. The molecule has 0 bridgehead atoms. The minimum absolute atomic E-state index is 0.0237. The summed E-state index contributed by atoms with van der Waals surface area (Å²) in [6.45, 7) is 2.08. The second-order valence-corrected chi connectivity index (χ2v) is 3.85. The fraction of sp³-hybridized carbons (Fsp3) is 0.400. The van der Waals surface area contributed by atoms with Gasteiger partial charge in [0.25, 0.3) is 0 Å². The van der Waals surface area contributed by atoms with Gasteiger partial charge in [0.2, 0.25) is 0 Å². The molecule has 3 heteroatoms. The van der Waals surface area contributed by atoms with Crippen molar-refractivity contribution in [2.24, 2.45) is 5.73 Å². The van der Waals surface area contributed by atoms with Crippen molar-refractivity contribution < 1.29 is 5.11 Å². The van der Waals surface area contributed by atoms with Crippen molar-refractivity contribution >= 4 is 15.9 Å². The predicted octanol–water partition coefficient (Wildman–Crippen LogP) is 2.00. The van der Waals surface area contributed by atoms with Crippen LogP contribution in [0.3, 0.4) is 0 Å². The van der Waals surface area contributed by atoms with Crippen molar-refractivity contribution in [1.82, 2.24) is 0 Å². The topological polar surface area (TPSA) is 46.2 Å². The molecule has 1 unspecified atom stereocenters. The Labute approximate surface area is 86.9 Å². The fourth-order valence-corrected chi connectivity index (χ4v) is 1.91. The molecule has 0 spiro atoms. The fourth-order valence-electron chi connectivity index (χ4n) is 1.19. The van der Waals surface area contributed by atoms with E-state index in [1.54, 1.807) is 0 Å². The summed E-state index contributed by atoms with van der Waals surface area (Å²) in [5.41, 5.74) is 7.93. The van der Waals surface area contributed by atoms with Gasteiger partial charge in [-0.25, -0.2) is 0 Å². The highest BCUT2D eigenvalue weighted by molar-refractivity contribution is 9.10. The Morgan fingerprint density at radius 1 is 1.54 bits per heavy atom. The molecule has 1 rings (SSSR count). The molecule has 0 heterocycles. The van der Waals surface area contributed by atoms with E-state index in [0.717, 1.165) is 16.5 Å². The second kappa shape index (κ2) is 4.74. The van der Waals surface area contributed by atoms with Gasteiger partial charge in [0.15, 0.2) is 0 Å². The Morgan fingerprint density at radius 2 is 2.23 bits per heavy atom. The molecule has 0 aliphatic heterocycles. The molecule has 0 fully saturated rings. The summed E-state index contributed by atoms with van der Waals surface area (Å²) < 4.78 is 0.980. The van der Waals surface area contributed by atoms with Crippen molar-refractivity contribution in [3.63, 3.8) is 0 Å². The Balaban J connectivity index is 2.98. The minimum Gasteiger partial charge on any atom is -0.394 e. The third-order valence-corrected chi connectivity index (χ3v) is 2.76. The summed E-state index contributed by atoms with van der Waals surface area (Å²) in [6.07, 6.45) is 1.01. The monoisotopic (exact) mass is 243 g/mol. The zero-order valence-electron chi connectivity index (χ0n) is 7.63. The highest BCUT2D eigenvalue weighted by atomic mass is 79.9. The molecule has 2 nitrogen and oxygen atoms in total. The lowest BCUT2D eigenvalue weighted by atomic mass is 10.1. The van der Waals surface area contributed by atoms with Crippen LogP contribution in [0.1, 0.15) is 24.1 Å². The van der Waals surface area contributed by atoms with Gasteiger partial charge in [0.1, 0.15) is 0 Å². The lowest BCUT2D eigenvalue weighted by Gasteiger charge is -2.11. The summed E-state index contributed by atoms with van der Waals surface area (Å²) in [4.78, 5) is 0. The molecule has 0 aliphatic carbocycles. The van der Waals surface area contributed by atoms with Crippen LogP contribution in [-0.4, -0.2) is 11.7 Å². The largest absolute Gasteiger partial charge is 0.394 e. The van der Waals surface area contributed by atoms with E-state index in [9.17, 15) is 0 Å². The molecule has 13 heavy (non-hydrogen) atoms. The number of aryl methyl sites for hydroxylation is 1. The first-order valence-corrected chi connectivity index (χ1v) is 5.13. The number of nitrogens with two attached hydrogens (primary N) is 1. The van der Waals surface area contributed by atoms with Gasteiger partial charge >= 0.3 is 0 Å². The Morgan fingerprint density at radius 3 is 2.69 bits per heavy atom. The first kappa shape index (κ1) is 10.7. The SMILES string of the molecule is CCc1ccc(C(N)CO)c(Br)c1. The molecule has 1 atom stereocenters. The Bertz CT molecular complexity index is 288. The van der Waals surface area contributed by atoms with Crippen molar-refractivity contribution in [3.8, 4) is 0 Å². The summed E-state index contributed by atoms with van der Waals surface area (Å²) in [7, 11) is 0. The minimum atomic E-state index is -0.291. The van der Waals surface area contributed by atoms with Gasteiger partial charge in [-0.3, -0.25) is 0 Å². The van der Waals surface area contributed by atoms with Gasteiger partial charge in [-0.1, -0.05) is 35.0 Å². The highest BCUT2D eigenvalue weighted by Gasteiger charge is 2.08. The number of aliphatic hydroxyl groups is 1. The van der Waals surface area contributed by atoms with Crippen molar-refractivity contribution in [3.05, 3.63) is 33.8 Å². The molecular weight excluding hydrogens is 230 g/mol. The van der Waals surface area contributed by atoms with Crippen LogP contribution in [-0.2, 0) is 6.42 Å². The van der Waals surface area contributed by atoms with Crippen LogP contribution in [0.25, 0.3) is 0 Å². The van der Waals surface area contributed by atoms with Crippen LogP contribution in [0.5, 0.6) is 0 Å². The molecule has 1 aromatic carbocycles. The lowest BCUT2D eigenvalue weighted by Crippen LogP contribution is -2.15. The van der Waals surface area contributed by atoms with E-state index in [1.165, 1.54) is 5.56 Å². The van der Waals surface area contributed by atoms with Gasteiger partial charge in [-0.15, -0.1) is 0 Å². The van der Waals surface area contributed by atoms with E-state index in [0.29, 0.717) is 0 Å². The maximum absolute atomic E-state index is 8.89. The lowest BCUT2D eigenvalue weighted by molar-refractivity contribution is 0.267. The maximum atomic E-state index is 8.89. The van der Waals surface area contributed by atoms with Crippen LogP contribution < -0.4 is 5.73 Å². The molecule has 1 aromatic rings. The molecule has 0 amide bonds. The first-order valence-electron chi connectivity index (χ1n) is 4.33. The van der Waals surface area contributed by atoms with E-state index in [1.807, 2.05) is 18.2 Å². The molecule has 72 valence electrons. The van der Waals surface area contributed by atoms with Gasteiger partial charge in [0.05, 0.1) is 12.6 Å². The summed E-state index contributed by atoms with van der Waals surface area (Å²) in [5, 5.41) is 8.89. The number of hydrogen-bond acceptors (Lipinski definition) is 2. The molecular formula is C10H14BrNO. The Kier molecular flexibility index (Phi) is 3.90. The average molecular weight is 244 g/mol. The van der Waals surface area contributed by atoms with E-state index in [-0.39, 0.29) is 12.6 Å². The van der Waals surface area contributed by atoms with Crippen LogP contribution in [0, 0.1) is 0 Å². The van der Waals surface area contributed by atoms with Crippen molar-refractivity contribution in [2.75, 3.05) is 6.61 Å². The number of halogens is 1. The number of hydrogen-bond donors (Lipinski definition) is 2. The standard InChI is InChI=1S/C10H14BrNO/c1-2-7-3-4-8(9(11)5-7)10(12)6-13/h3-5,10,13H,2,6,12H2,1H3. The third kappa shape index (κ3) is 2.53. The van der Waals surface area contributed by atoms with Gasteiger partial charge in [-0.05, 0) is 23.6 Å². The quantitative estimate of drug-likeness (QED) is 0.854. The number of aliphatic hydroxyl groups excluding tert-OH is 1. The molecule has 0 aliphatic rings. The second-order valence-electron chi connectivity index (χ2n) is 3.00. The third-order valence-electron chi connectivity index (χ3n) is 2.07. The molecule has 3 N–H and O–H groups in total. The van der Waals surface area contributed by atoms with Crippen LogP contribution in [0.4, 0.5) is 0 Å². The summed E-state index contributed by atoms with van der Waals surface area (Å²) in [6, 6.07) is 5.75. The van der Waals surface area contributed by atoms with E-state index >= 15 is 0 Å². The van der Waals surface area contributed by atoms with E-state index in [2.05, 4.69) is 22.9 Å². The van der Waals surface area contributed by atoms with Crippen molar-refractivity contribution in [2.45, 2.75) is 19.4 Å². The molecule has 0 radical (unpaired) electrons. The highest BCUT2D eigenvalue weighted by Crippen LogP contribution is 2.23. The van der Waals surface area contributed by atoms with Gasteiger partial charge in [-0.2, -0.15) is 0 Å². The maximum Gasteiger partial charge on any atom is 0.0624 e. The zero-order chi connectivity index (χ0) is 9.84. The van der Waals surface area contributed by atoms with E-state index < -0.39 is 0 Å². The smallest absolute Gasteiger partial charge is 0.0624 e. The molecule has 0 saturated carbocycles. The van der Waals surface area contributed by atoms with E-state index in [4.69, 9.17) is 10.8 Å². The van der Waals surface area contributed by atoms with Gasteiger partial charge in [0, 0.05) is 4.47 Å². The average Bonchev–Trinajstić information content (AvgIpc) is 2.16. The van der Waals surface area contributed by atoms with Crippen LogP contribution in [0.2, 0.25) is 0 Å². The first-order chi connectivity index (χ1) is 6.19. The Hall–Kier alpha value is -0.380. The molecule has 0 saturated heterocycles. The normalized spacial score (nSPS) is 12.9. The predicted molar refractivity (Wildman–Crippen MR) is 57.5 cm³/mol. The zero-order valence-corrected chi connectivity index (χ0v) is 9.21. The van der Waals surface area contributed by atoms with Gasteiger partial charge < -0.3 is 10.8 Å².